The fourth-order valence-corrected chi connectivity index (χ4v) is 3.50. The summed E-state index contributed by atoms with van der Waals surface area (Å²) in [6.45, 7) is -0.130. The largest absolute Gasteiger partial charge is 0.505 e. The van der Waals surface area contributed by atoms with Crippen molar-refractivity contribution in [1.29, 1.82) is 0 Å². The summed E-state index contributed by atoms with van der Waals surface area (Å²) in [6, 6.07) is 11.6. The van der Waals surface area contributed by atoms with E-state index in [1.807, 2.05) is 6.07 Å². The van der Waals surface area contributed by atoms with E-state index in [0.29, 0.717) is 33.5 Å². The number of nitrogens with zero attached hydrogens (tertiary/aromatic N) is 2. The molecule has 3 N–H and O–H groups in total. The monoisotopic (exact) mass is 457 g/mol. The summed E-state index contributed by atoms with van der Waals surface area (Å²) in [4.78, 5) is 0. The van der Waals surface area contributed by atoms with Gasteiger partial charge in [0.15, 0.2) is 5.75 Å². The first kappa shape index (κ1) is 21.0. The van der Waals surface area contributed by atoms with Gasteiger partial charge in [-0.1, -0.05) is 58.5 Å². The number of halogens is 4. The Morgan fingerprint density at radius 2 is 1.64 bits per heavy atom. The van der Waals surface area contributed by atoms with Crippen LogP contribution in [0.2, 0.25) is 20.1 Å². The van der Waals surface area contributed by atoms with Crippen molar-refractivity contribution in [2.24, 2.45) is 0 Å². The van der Waals surface area contributed by atoms with Crippen LogP contribution in [0, 0.1) is 0 Å². The maximum Gasteiger partial charge on any atom is 0.152 e. The van der Waals surface area contributed by atoms with Gasteiger partial charge >= 0.3 is 0 Å². The van der Waals surface area contributed by atoms with Crippen LogP contribution in [0.15, 0.2) is 42.5 Å². The van der Waals surface area contributed by atoms with Crippen molar-refractivity contribution in [3.63, 3.8) is 0 Å². The Bertz CT molecular complexity index is 960. The van der Waals surface area contributed by atoms with Crippen molar-refractivity contribution in [2.45, 2.75) is 12.5 Å². The Hall–Kier alpha value is -1.76. The quantitative estimate of drug-likeness (QED) is 0.455. The molecule has 1 heterocycles. The lowest BCUT2D eigenvalue weighted by Crippen LogP contribution is -2.27. The second kappa shape index (κ2) is 9.16. The number of aromatic nitrogens is 2. The highest BCUT2D eigenvalue weighted by Crippen LogP contribution is 2.35. The van der Waals surface area contributed by atoms with Gasteiger partial charge in [-0.25, -0.2) is 0 Å². The van der Waals surface area contributed by atoms with Gasteiger partial charge in [-0.15, -0.1) is 10.2 Å². The predicted molar refractivity (Wildman–Crippen MR) is 114 cm³/mol. The lowest BCUT2D eigenvalue weighted by atomic mass is 10.1. The molecule has 1 aromatic heterocycles. The topological polar surface area (TPSA) is 78.3 Å². The number of rotatable bonds is 6. The Kier molecular flexibility index (Phi) is 6.86. The molecular weight excluding hydrogens is 444 g/mol. The van der Waals surface area contributed by atoms with E-state index in [1.54, 1.807) is 36.4 Å². The van der Waals surface area contributed by atoms with Gasteiger partial charge in [0.25, 0.3) is 0 Å². The number of hydrogen-bond donors (Lipinski definition) is 3. The maximum absolute atomic E-state index is 9.69. The minimum Gasteiger partial charge on any atom is -0.505 e. The second-order valence-corrected chi connectivity index (χ2v) is 7.63. The van der Waals surface area contributed by atoms with Gasteiger partial charge in [-0.2, -0.15) is 0 Å². The first-order valence-corrected chi connectivity index (χ1v) is 9.72. The normalized spacial score (nSPS) is 12.0. The standard InChI is InChI=1S/C19H15Cl4N3O2/c20-13-3-1-2-10(18(13)23)6-12(9-27)24-17-5-4-16(25-26-17)11-7-14(21)19(28)15(22)8-11/h1-5,7-8,12,27-28H,6,9H2,(H,24,26). The van der Waals surface area contributed by atoms with Crippen LogP contribution in [0.4, 0.5) is 5.82 Å². The van der Waals surface area contributed by atoms with Gasteiger partial charge in [0.2, 0.25) is 0 Å². The van der Waals surface area contributed by atoms with Crippen molar-refractivity contribution < 1.29 is 10.2 Å². The van der Waals surface area contributed by atoms with Gasteiger partial charge in [0.05, 0.1) is 38.4 Å². The summed E-state index contributed by atoms with van der Waals surface area (Å²) in [5, 5.41) is 31.9. The molecule has 1 unspecified atom stereocenters. The maximum atomic E-state index is 9.69. The Morgan fingerprint density at radius 3 is 2.25 bits per heavy atom. The van der Waals surface area contributed by atoms with Crippen molar-refractivity contribution in [1.82, 2.24) is 10.2 Å². The molecule has 0 fully saturated rings. The molecule has 0 bridgehead atoms. The molecule has 0 radical (unpaired) electrons. The number of aromatic hydroxyl groups is 1. The lowest BCUT2D eigenvalue weighted by molar-refractivity contribution is 0.273. The van der Waals surface area contributed by atoms with E-state index in [0.717, 1.165) is 5.56 Å². The third-order valence-electron chi connectivity index (χ3n) is 4.05. The number of anilines is 1. The number of phenolic OH excluding ortho intramolecular Hbond substituents is 1. The molecular formula is C19H15Cl4N3O2. The van der Waals surface area contributed by atoms with Crippen LogP contribution in [-0.4, -0.2) is 33.1 Å². The minimum absolute atomic E-state index is 0.130. The summed E-state index contributed by atoms with van der Waals surface area (Å²) in [5.41, 5.74) is 1.97. The molecule has 146 valence electrons. The average Bonchev–Trinajstić information content (AvgIpc) is 2.69. The lowest BCUT2D eigenvalue weighted by Gasteiger charge is -2.18. The zero-order chi connectivity index (χ0) is 20.3. The molecule has 28 heavy (non-hydrogen) atoms. The van der Waals surface area contributed by atoms with Gasteiger partial charge in [-0.05, 0) is 42.3 Å². The van der Waals surface area contributed by atoms with Crippen LogP contribution in [0.1, 0.15) is 5.56 Å². The molecule has 0 aliphatic rings. The van der Waals surface area contributed by atoms with Crippen molar-refractivity contribution >= 4 is 52.2 Å². The van der Waals surface area contributed by atoms with Gasteiger partial charge < -0.3 is 15.5 Å². The van der Waals surface area contributed by atoms with Crippen LogP contribution in [-0.2, 0) is 6.42 Å². The second-order valence-electron chi connectivity index (χ2n) is 6.03. The summed E-state index contributed by atoms with van der Waals surface area (Å²) in [6.07, 6.45) is 0.461. The number of aliphatic hydroxyl groups excluding tert-OH is 1. The summed E-state index contributed by atoms with van der Waals surface area (Å²) < 4.78 is 0. The molecule has 3 aromatic rings. The van der Waals surface area contributed by atoms with Crippen molar-refractivity contribution in [3.05, 3.63) is 68.1 Å². The van der Waals surface area contributed by atoms with Crippen molar-refractivity contribution in [2.75, 3.05) is 11.9 Å². The zero-order valence-electron chi connectivity index (χ0n) is 14.3. The van der Waals surface area contributed by atoms with E-state index < -0.39 is 0 Å². The number of nitrogens with one attached hydrogen (secondary N) is 1. The van der Waals surface area contributed by atoms with Gasteiger partial charge in [-0.3, -0.25) is 0 Å². The summed E-state index contributed by atoms with van der Waals surface area (Å²) in [5.74, 6) is 0.306. The fourth-order valence-electron chi connectivity index (χ4n) is 2.62. The molecule has 0 saturated carbocycles. The Labute approximate surface area is 181 Å². The van der Waals surface area contributed by atoms with Crippen LogP contribution in [0.25, 0.3) is 11.3 Å². The first-order valence-electron chi connectivity index (χ1n) is 8.21. The molecule has 0 spiro atoms. The SMILES string of the molecule is OCC(Cc1cccc(Cl)c1Cl)Nc1ccc(-c2cc(Cl)c(O)c(Cl)c2)nn1. The first-order chi connectivity index (χ1) is 13.4. The van der Waals surface area contributed by atoms with E-state index in [9.17, 15) is 10.2 Å². The third-order valence-corrected chi connectivity index (χ3v) is 5.48. The molecule has 0 amide bonds. The number of benzene rings is 2. The Balaban J connectivity index is 1.75. The summed E-state index contributed by atoms with van der Waals surface area (Å²) >= 11 is 24.1. The number of aliphatic hydroxyl groups is 1. The van der Waals surface area contributed by atoms with E-state index >= 15 is 0 Å². The molecule has 5 nitrogen and oxygen atoms in total. The number of phenols is 1. The third kappa shape index (κ3) is 4.80. The average molecular weight is 459 g/mol. The molecule has 0 saturated heterocycles. The van der Waals surface area contributed by atoms with Crippen LogP contribution >= 0.6 is 46.4 Å². The van der Waals surface area contributed by atoms with Crippen LogP contribution in [0.5, 0.6) is 5.75 Å². The molecule has 3 rings (SSSR count). The highest BCUT2D eigenvalue weighted by atomic mass is 35.5. The zero-order valence-corrected chi connectivity index (χ0v) is 17.4. The van der Waals surface area contributed by atoms with E-state index in [1.165, 1.54) is 0 Å². The van der Waals surface area contributed by atoms with Crippen LogP contribution < -0.4 is 5.32 Å². The highest BCUT2D eigenvalue weighted by molar-refractivity contribution is 6.42. The van der Waals surface area contributed by atoms with Crippen molar-refractivity contribution in [3.8, 4) is 17.0 Å². The van der Waals surface area contributed by atoms with E-state index in [2.05, 4.69) is 15.5 Å². The van der Waals surface area contributed by atoms with Crippen LogP contribution in [0.3, 0.4) is 0 Å². The molecule has 1 atom stereocenters. The minimum atomic E-state index is -0.325. The molecule has 0 aliphatic heterocycles. The summed E-state index contributed by atoms with van der Waals surface area (Å²) in [7, 11) is 0. The fraction of sp³-hybridized carbons (Fsp3) is 0.158. The van der Waals surface area contributed by atoms with E-state index in [-0.39, 0.29) is 28.4 Å². The molecule has 0 aliphatic carbocycles. The van der Waals surface area contributed by atoms with Gasteiger partial charge in [0.1, 0.15) is 5.82 Å². The predicted octanol–water partition coefficient (Wildman–Crippen LogP) is 5.48. The number of hydrogen-bond acceptors (Lipinski definition) is 5. The van der Waals surface area contributed by atoms with E-state index in [4.69, 9.17) is 46.4 Å². The van der Waals surface area contributed by atoms with Gasteiger partial charge in [0, 0.05) is 5.56 Å². The molecule has 2 aromatic carbocycles. The smallest absolute Gasteiger partial charge is 0.152 e. The highest BCUT2D eigenvalue weighted by Gasteiger charge is 2.14. The Morgan fingerprint density at radius 1 is 0.929 bits per heavy atom. The molecule has 9 heteroatoms.